The molecule has 0 radical (unpaired) electrons. The highest BCUT2D eigenvalue weighted by atomic mass is 79.9. The fourth-order valence-electron chi connectivity index (χ4n) is 1.82. The molecule has 0 saturated carbocycles. The Hall–Kier alpha value is -0.740. The van der Waals surface area contributed by atoms with Crippen molar-refractivity contribution in [3.8, 4) is 11.5 Å². The number of halogens is 1. The molecule has 0 heterocycles. The molecule has 3 nitrogen and oxygen atoms in total. The van der Waals surface area contributed by atoms with Gasteiger partial charge in [0.05, 0.1) is 24.8 Å². The number of hydrogen-bond acceptors (Lipinski definition) is 3. The van der Waals surface area contributed by atoms with Crippen LogP contribution in [0.25, 0.3) is 0 Å². The molecule has 2 unspecified atom stereocenters. The molecule has 4 heteroatoms. The number of rotatable bonds is 6. The van der Waals surface area contributed by atoms with Crippen molar-refractivity contribution in [1.29, 1.82) is 0 Å². The SMILES string of the molecule is CCC(C)CC(O)c1cc(OC)c(Br)cc1OC. The topological polar surface area (TPSA) is 38.7 Å². The van der Waals surface area contributed by atoms with E-state index in [0.29, 0.717) is 17.4 Å². The Morgan fingerprint density at radius 3 is 2.33 bits per heavy atom. The second kappa shape index (κ2) is 7.00. The molecule has 0 aliphatic rings. The summed E-state index contributed by atoms with van der Waals surface area (Å²) in [4.78, 5) is 0. The minimum absolute atomic E-state index is 0.472. The molecule has 1 aromatic carbocycles. The maximum absolute atomic E-state index is 10.3. The molecule has 0 aliphatic carbocycles. The van der Waals surface area contributed by atoms with Crippen LogP contribution in [0.1, 0.15) is 38.4 Å². The fraction of sp³-hybridized carbons (Fsp3) is 0.571. The van der Waals surface area contributed by atoms with E-state index in [1.54, 1.807) is 14.2 Å². The monoisotopic (exact) mass is 316 g/mol. The van der Waals surface area contributed by atoms with Crippen LogP contribution in [0.5, 0.6) is 11.5 Å². The Balaban J connectivity index is 3.05. The largest absolute Gasteiger partial charge is 0.496 e. The molecule has 2 atom stereocenters. The first kappa shape index (κ1) is 15.3. The minimum atomic E-state index is -0.531. The second-order valence-electron chi connectivity index (χ2n) is 4.49. The molecule has 0 amide bonds. The predicted octanol–water partition coefficient (Wildman–Crippen LogP) is 3.94. The second-order valence-corrected chi connectivity index (χ2v) is 5.35. The number of benzene rings is 1. The molecule has 0 spiro atoms. The third kappa shape index (κ3) is 3.62. The molecular weight excluding hydrogens is 296 g/mol. The van der Waals surface area contributed by atoms with Crippen LogP contribution in [0.4, 0.5) is 0 Å². The molecule has 18 heavy (non-hydrogen) atoms. The van der Waals surface area contributed by atoms with Crippen LogP contribution in [0.2, 0.25) is 0 Å². The Labute approximate surface area is 117 Å². The first-order chi connectivity index (χ1) is 8.53. The summed E-state index contributed by atoms with van der Waals surface area (Å²) in [7, 11) is 3.21. The summed E-state index contributed by atoms with van der Waals surface area (Å²) in [6, 6.07) is 3.66. The van der Waals surface area contributed by atoms with E-state index in [0.717, 1.165) is 22.9 Å². The lowest BCUT2D eigenvalue weighted by Crippen LogP contribution is -2.06. The van der Waals surface area contributed by atoms with Crippen molar-refractivity contribution in [2.24, 2.45) is 5.92 Å². The molecule has 0 bridgehead atoms. The number of ether oxygens (including phenoxy) is 2. The fourth-order valence-corrected chi connectivity index (χ4v) is 2.30. The minimum Gasteiger partial charge on any atom is -0.496 e. The lowest BCUT2D eigenvalue weighted by molar-refractivity contribution is 0.142. The van der Waals surface area contributed by atoms with Crippen molar-refractivity contribution in [1.82, 2.24) is 0 Å². The van der Waals surface area contributed by atoms with E-state index in [-0.39, 0.29) is 0 Å². The zero-order chi connectivity index (χ0) is 13.7. The summed E-state index contributed by atoms with van der Waals surface area (Å²) in [5, 5.41) is 10.3. The average molecular weight is 317 g/mol. The van der Waals surface area contributed by atoms with Gasteiger partial charge in [-0.1, -0.05) is 20.3 Å². The first-order valence-electron chi connectivity index (χ1n) is 6.12. The van der Waals surface area contributed by atoms with Crippen LogP contribution in [0, 0.1) is 5.92 Å². The molecule has 1 N–H and O–H groups in total. The van der Waals surface area contributed by atoms with Crippen LogP contribution in [-0.2, 0) is 0 Å². The van der Waals surface area contributed by atoms with Gasteiger partial charge in [0, 0.05) is 5.56 Å². The van der Waals surface area contributed by atoms with E-state index in [9.17, 15) is 5.11 Å². The van der Waals surface area contributed by atoms with Gasteiger partial charge in [-0.15, -0.1) is 0 Å². The van der Waals surface area contributed by atoms with E-state index < -0.39 is 6.10 Å². The smallest absolute Gasteiger partial charge is 0.133 e. The van der Waals surface area contributed by atoms with Crippen LogP contribution >= 0.6 is 15.9 Å². The summed E-state index contributed by atoms with van der Waals surface area (Å²) < 4.78 is 11.4. The number of aliphatic hydroxyl groups is 1. The van der Waals surface area contributed by atoms with E-state index in [4.69, 9.17) is 9.47 Å². The summed E-state index contributed by atoms with van der Waals surface area (Å²) in [5.41, 5.74) is 0.776. The Morgan fingerprint density at radius 1 is 1.22 bits per heavy atom. The maximum Gasteiger partial charge on any atom is 0.133 e. The van der Waals surface area contributed by atoms with Gasteiger partial charge < -0.3 is 14.6 Å². The van der Waals surface area contributed by atoms with Crippen molar-refractivity contribution in [3.05, 3.63) is 22.2 Å². The number of hydrogen-bond donors (Lipinski definition) is 1. The zero-order valence-corrected chi connectivity index (χ0v) is 13.0. The van der Waals surface area contributed by atoms with Gasteiger partial charge in [0.2, 0.25) is 0 Å². The van der Waals surface area contributed by atoms with Crippen molar-refractivity contribution >= 4 is 15.9 Å². The van der Waals surface area contributed by atoms with Gasteiger partial charge in [-0.05, 0) is 40.4 Å². The highest BCUT2D eigenvalue weighted by Gasteiger charge is 2.18. The van der Waals surface area contributed by atoms with Gasteiger partial charge >= 0.3 is 0 Å². The Bertz CT molecular complexity index is 393. The number of aliphatic hydroxyl groups excluding tert-OH is 1. The maximum atomic E-state index is 10.3. The molecule has 102 valence electrons. The van der Waals surface area contributed by atoms with Crippen LogP contribution in [0.3, 0.4) is 0 Å². The highest BCUT2D eigenvalue weighted by Crippen LogP contribution is 2.37. The third-order valence-corrected chi connectivity index (χ3v) is 3.81. The van der Waals surface area contributed by atoms with E-state index in [1.165, 1.54) is 0 Å². The summed E-state index contributed by atoms with van der Waals surface area (Å²) in [5.74, 6) is 1.85. The van der Waals surface area contributed by atoms with Gasteiger partial charge in [-0.3, -0.25) is 0 Å². The van der Waals surface area contributed by atoms with Gasteiger partial charge in [0.15, 0.2) is 0 Å². The average Bonchev–Trinajstić information content (AvgIpc) is 2.37. The summed E-state index contributed by atoms with van der Waals surface area (Å²) in [6.07, 6.45) is 1.24. The van der Waals surface area contributed by atoms with E-state index in [1.807, 2.05) is 12.1 Å². The Morgan fingerprint density at radius 2 is 1.83 bits per heavy atom. The molecule has 1 rings (SSSR count). The summed E-state index contributed by atoms with van der Waals surface area (Å²) in [6.45, 7) is 4.25. The molecule has 1 aromatic rings. The van der Waals surface area contributed by atoms with Crippen molar-refractivity contribution in [2.75, 3.05) is 14.2 Å². The lowest BCUT2D eigenvalue weighted by atomic mass is 9.96. The summed E-state index contributed by atoms with van der Waals surface area (Å²) >= 11 is 3.41. The van der Waals surface area contributed by atoms with E-state index in [2.05, 4.69) is 29.8 Å². The van der Waals surface area contributed by atoms with Crippen LogP contribution < -0.4 is 9.47 Å². The van der Waals surface area contributed by atoms with Gasteiger partial charge in [-0.2, -0.15) is 0 Å². The zero-order valence-electron chi connectivity index (χ0n) is 11.4. The molecule has 0 saturated heterocycles. The molecule has 0 aromatic heterocycles. The predicted molar refractivity (Wildman–Crippen MR) is 76.3 cm³/mol. The van der Waals surface area contributed by atoms with Gasteiger partial charge in [0.1, 0.15) is 11.5 Å². The number of methoxy groups -OCH3 is 2. The quantitative estimate of drug-likeness (QED) is 0.864. The highest BCUT2D eigenvalue weighted by molar-refractivity contribution is 9.10. The third-order valence-electron chi connectivity index (χ3n) is 3.19. The first-order valence-corrected chi connectivity index (χ1v) is 6.92. The lowest BCUT2D eigenvalue weighted by Gasteiger charge is -2.19. The standard InChI is InChI=1S/C14H21BrO3/c1-5-9(2)6-12(16)10-7-14(18-4)11(15)8-13(10)17-3/h7-9,12,16H,5-6H2,1-4H3. The van der Waals surface area contributed by atoms with Crippen molar-refractivity contribution in [2.45, 2.75) is 32.8 Å². The normalized spacial score (nSPS) is 14.1. The van der Waals surface area contributed by atoms with Gasteiger partial charge in [0.25, 0.3) is 0 Å². The van der Waals surface area contributed by atoms with Crippen molar-refractivity contribution in [3.63, 3.8) is 0 Å². The van der Waals surface area contributed by atoms with E-state index >= 15 is 0 Å². The molecule has 0 aliphatic heterocycles. The molecular formula is C14H21BrO3. The van der Waals surface area contributed by atoms with Crippen molar-refractivity contribution < 1.29 is 14.6 Å². The molecule has 0 fully saturated rings. The Kier molecular flexibility index (Phi) is 5.96. The van der Waals surface area contributed by atoms with Gasteiger partial charge in [-0.25, -0.2) is 0 Å². The van der Waals surface area contributed by atoms with Crippen LogP contribution in [-0.4, -0.2) is 19.3 Å². The van der Waals surface area contributed by atoms with Crippen LogP contribution in [0.15, 0.2) is 16.6 Å².